The lowest BCUT2D eigenvalue weighted by Crippen LogP contribution is -2.26. The lowest BCUT2D eigenvalue weighted by atomic mass is 9.74. The molecule has 0 radical (unpaired) electrons. The third-order valence-electron chi connectivity index (χ3n) is 4.66. The third-order valence-corrected chi connectivity index (χ3v) is 4.66. The molecule has 0 heterocycles. The van der Waals surface area contributed by atoms with E-state index in [0.717, 1.165) is 6.42 Å². The zero-order valence-electron chi connectivity index (χ0n) is 9.93. The molecule has 1 aromatic rings. The van der Waals surface area contributed by atoms with Crippen LogP contribution in [0.1, 0.15) is 37.7 Å². The number of rotatable bonds is 3. The molecule has 2 saturated carbocycles. The summed E-state index contributed by atoms with van der Waals surface area (Å²) < 4.78 is 0. The van der Waals surface area contributed by atoms with E-state index in [2.05, 4.69) is 24.3 Å². The highest BCUT2D eigenvalue weighted by Gasteiger charge is 2.57. The Morgan fingerprint density at radius 3 is 2.35 bits per heavy atom. The van der Waals surface area contributed by atoms with E-state index in [1.807, 2.05) is 6.07 Å². The lowest BCUT2D eigenvalue weighted by molar-refractivity contribution is -0.139. The first-order chi connectivity index (χ1) is 8.24. The van der Waals surface area contributed by atoms with E-state index in [9.17, 15) is 4.79 Å². The van der Waals surface area contributed by atoms with Crippen molar-refractivity contribution in [3.8, 4) is 0 Å². The maximum atomic E-state index is 11.1. The van der Waals surface area contributed by atoms with Crippen molar-refractivity contribution in [1.82, 2.24) is 0 Å². The van der Waals surface area contributed by atoms with E-state index in [1.54, 1.807) is 0 Å². The number of carbonyl (C=O) groups is 1. The summed E-state index contributed by atoms with van der Waals surface area (Å²) in [4.78, 5) is 11.1. The molecule has 2 aliphatic rings. The zero-order valence-corrected chi connectivity index (χ0v) is 9.93. The number of carboxylic acid groups (broad SMARTS) is 1. The molecule has 2 atom stereocenters. The molecule has 0 amide bonds. The van der Waals surface area contributed by atoms with E-state index < -0.39 is 5.97 Å². The topological polar surface area (TPSA) is 37.3 Å². The van der Waals surface area contributed by atoms with Gasteiger partial charge in [-0.15, -0.1) is 0 Å². The molecule has 0 aliphatic heterocycles. The van der Waals surface area contributed by atoms with Crippen LogP contribution in [0.25, 0.3) is 0 Å². The Morgan fingerprint density at radius 2 is 1.82 bits per heavy atom. The Balaban J connectivity index is 1.93. The molecule has 1 aromatic carbocycles. The van der Waals surface area contributed by atoms with Crippen molar-refractivity contribution in [2.24, 2.45) is 11.8 Å². The smallest absolute Gasteiger partial charge is 0.306 e. The van der Waals surface area contributed by atoms with Crippen LogP contribution in [0.3, 0.4) is 0 Å². The summed E-state index contributed by atoms with van der Waals surface area (Å²) in [5.41, 5.74) is 1.54. The van der Waals surface area contributed by atoms with Crippen LogP contribution in [0, 0.1) is 11.8 Å². The minimum absolute atomic E-state index is 0.0895. The molecule has 1 N–H and O–H groups in total. The number of aliphatic carboxylic acids is 1. The molecular formula is C15H18O2. The average molecular weight is 230 g/mol. The standard InChI is InChI=1S/C15H18O2/c16-14(17)12-10-13(12)15(8-4-5-9-15)11-6-2-1-3-7-11/h1-3,6-7,12-13H,4-5,8-10H2,(H,16,17). The van der Waals surface area contributed by atoms with Crippen molar-refractivity contribution in [2.45, 2.75) is 37.5 Å². The third kappa shape index (κ3) is 1.67. The van der Waals surface area contributed by atoms with Crippen molar-refractivity contribution < 1.29 is 9.90 Å². The van der Waals surface area contributed by atoms with Gasteiger partial charge in [0.1, 0.15) is 0 Å². The Labute approximate surface area is 102 Å². The molecule has 0 aromatic heterocycles. The van der Waals surface area contributed by atoms with Gasteiger partial charge >= 0.3 is 5.97 Å². The minimum Gasteiger partial charge on any atom is -0.481 e. The molecule has 2 heteroatoms. The van der Waals surface area contributed by atoms with Crippen LogP contribution in [0.2, 0.25) is 0 Å². The molecule has 0 bridgehead atoms. The summed E-state index contributed by atoms with van der Waals surface area (Å²) in [6, 6.07) is 10.6. The summed E-state index contributed by atoms with van der Waals surface area (Å²) in [5.74, 6) is -0.310. The van der Waals surface area contributed by atoms with Crippen LogP contribution < -0.4 is 0 Å². The number of benzene rings is 1. The van der Waals surface area contributed by atoms with Gasteiger partial charge in [0.25, 0.3) is 0 Å². The van der Waals surface area contributed by atoms with Gasteiger partial charge in [0, 0.05) is 0 Å². The second kappa shape index (κ2) is 3.86. The Kier molecular flexibility index (Phi) is 2.46. The highest BCUT2D eigenvalue weighted by atomic mass is 16.4. The van der Waals surface area contributed by atoms with Crippen LogP contribution in [0.4, 0.5) is 0 Å². The predicted molar refractivity (Wildman–Crippen MR) is 65.8 cm³/mol. The maximum absolute atomic E-state index is 11.1. The van der Waals surface area contributed by atoms with Gasteiger partial charge in [-0.25, -0.2) is 0 Å². The average Bonchev–Trinajstić information content (AvgIpc) is 3.02. The van der Waals surface area contributed by atoms with Crippen LogP contribution in [0.15, 0.2) is 30.3 Å². The molecule has 2 aliphatic carbocycles. The molecule has 0 spiro atoms. The Bertz CT molecular complexity index is 418. The van der Waals surface area contributed by atoms with Gasteiger partial charge in [-0.1, -0.05) is 43.2 Å². The largest absolute Gasteiger partial charge is 0.481 e. The van der Waals surface area contributed by atoms with Crippen molar-refractivity contribution in [3.05, 3.63) is 35.9 Å². The molecule has 17 heavy (non-hydrogen) atoms. The fourth-order valence-corrected chi connectivity index (χ4v) is 3.73. The molecule has 3 rings (SSSR count). The van der Waals surface area contributed by atoms with Gasteiger partial charge in [0.15, 0.2) is 0 Å². The number of hydrogen-bond acceptors (Lipinski definition) is 1. The highest BCUT2D eigenvalue weighted by molar-refractivity contribution is 5.74. The maximum Gasteiger partial charge on any atom is 0.306 e. The first-order valence-corrected chi connectivity index (χ1v) is 6.52. The molecule has 2 unspecified atom stereocenters. The predicted octanol–water partition coefficient (Wildman–Crippen LogP) is 3.22. The molecule has 0 saturated heterocycles. The van der Waals surface area contributed by atoms with Crippen molar-refractivity contribution >= 4 is 5.97 Å². The normalized spacial score (nSPS) is 30.1. The second-order valence-electron chi connectivity index (χ2n) is 5.52. The fourth-order valence-electron chi connectivity index (χ4n) is 3.73. The van der Waals surface area contributed by atoms with E-state index >= 15 is 0 Å². The molecule has 2 fully saturated rings. The van der Waals surface area contributed by atoms with E-state index in [1.165, 1.54) is 31.2 Å². The highest BCUT2D eigenvalue weighted by Crippen LogP contribution is 2.59. The second-order valence-corrected chi connectivity index (χ2v) is 5.52. The minimum atomic E-state index is -0.600. The van der Waals surface area contributed by atoms with Gasteiger partial charge in [-0.2, -0.15) is 0 Å². The van der Waals surface area contributed by atoms with Gasteiger partial charge < -0.3 is 5.11 Å². The fraction of sp³-hybridized carbons (Fsp3) is 0.533. The summed E-state index contributed by atoms with van der Waals surface area (Å²) in [5, 5.41) is 9.15. The van der Waals surface area contributed by atoms with Crippen LogP contribution in [-0.2, 0) is 10.2 Å². The van der Waals surface area contributed by atoms with Gasteiger partial charge in [-0.3, -0.25) is 4.79 Å². The lowest BCUT2D eigenvalue weighted by Gasteiger charge is -2.30. The monoisotopic (exact) mass is 230 g/mol. The Hall–Kier alpha value is -1.31. The SMILES string of the molecule is O=C(O)C1CC1C1(c2ccccc2)CCCC1. The first-order valence-electron chi connectivity index (χ1n) is 6.52. The van der Waals surface area contributed by atoms with E-state index in [4.69, 9.17) is 5.11 Å². The molecule has 2 nitrogen and oxygen atoms in total. The van der Waals surface area contributed by atoms with Gasteiger partial charge in [-0.05, 0) is 36.2 Å². The van der Waals surface area contributed by atoms with Gasteiger partial charge in [0.05, 0.1) is 5.92 Å². The van der Waals surface area contributed by atoms with Gasteiger partial charge in [0.2, 0.25) is 0 Å². The van der Waals surface area contributed by atoms with E-state index in [0.29, 0.717) is 5.92 Å². The van der Waals surface area contributed by atoms with Crippen molar-refractivity contribution in [3.63, 3.8) is 0 Å². The Morgan fingerprint density at radius 1 is 1.18 bits per heavy atom. The van der Waals surface area contributed by atoms with Crippen LogP contribution in [0.5, 0.6) is 0 Å². The number of carboxylic acids is 1. The summed E-state index contributed by atoms with van der Waals surface area (Å²) in [6.07, 6.45) is 5.72. The summed E-state index contributed by atoms with van der Waals surface area (Å²) in [7, 11) is 0. The van der Waals surface area contributed by atoms with Crippen molar-refractivity contribution in [1.29, 1.82) is 0 Å². The molecular weight excluding hydrogens is 212 g/mol. The number of hydrogen-bond donors (Lipinski definition) is 1. The summed E-state index contributed by atoms with van der Waals surface area (Å²) in [6.45, 7) is 0. The summed E-state index contributed by atoms with van der Waals surface area (Å²) >= 11 is 0. The van der Waals surface area contributed by atoms with E-state index in [-0.39, 0.29) is 11.3 Å². The quantitative estimate of drug-likeness (QED) is 0.865. The first kappa shape index (κ1) is 10.8. The molecule has 90 valence electrons. The van der Waals surface area contributed by atoms with Crippen LogP contribution in [-0.4, -0.2) is 11.1 Å². The zero-order chi connectivity index (χ0) is 11.9. The van der Waals surface area contributed by atoms with Crippen molar-refractivity contribution in [2.75, 3.05) is 0 Å². The van der Waals surface area contributed by atoms with Crippen LogP contribution >= 0.6 is 0 Å².